The van der Waals surface area contributed by atoms with E-state index in [1.54, 1.807) is 12.3 Å². The van der Waals surface area contributed by atoms with Crippen LogP contribution in [0.25, 0.3) is 11.0 Å². The molecular weight excluding hydrogens is 178 g/mol. The predicted octanol–water partition coefficient (Wildman–Crippen LogP) is 1.52. The van der Waals surface area contributed by atoms with Gasteiger partial charge in [0.05, 0.1) is 5.52 Å². The Morgan fingerprint density at radius 2 is 2.14 bits per heavy atom. The lowest BCUT2D eigenvalue weighted by Crippen LogP contribution is -1.89. The molecule has 0 bridgehead atoms. The molecular formula is C10H7N3O. The fourth-order valence-corrected chi connectivity index (χ4v) is 1.29. The van der Waals surface area contributed by atoms with Gasteiger partial charge in [0.15, 0.2) is 5.75 Å². The largest absolute Gasteiger partial charge is 0.504 e. The predicted molar refractivity (Wildman–Crippen MR) is 50.7 cm³/mol. The van der Waals surface area contributed by atoms with Crippen molar-refractivity contribution < 1.29 is 5.11 Å². The van der Waals surface area contributed by atoms with Crippen molar-refractivity contribution in [1.29, 1.82) is 5.26 Å². The van der Waals surface area contributed by atoms with Gasteiger partial charge in [-0.15, -0.1) is 0 Å². The summed E-state index contributed by atoms with van der Waals surface area (Å²) < 4.78 is 0. The molecule has 2 heterocycles. The van der Waals surface area contributed by atoms with Crippen molar-refractivity contribution in [3.05, 3.63) is 29.6 Å². The minimum absolute atomic E-state index is 0.0961. The van der Waals surface area contributed by atoms with Crippen molar-refractivity contribution >= 4 is 11.0 Å². The van der Waals surface area contributed by atoms with Crippen LogP contribution >= 0.6 is 0 Å². The molecule has 68 valence electrons. The van der Waals surface area contributed by atoms with Crippen LogP contribution in [0.2, 0.25) is 0 Å². The fraction of sp³-hybridized carbons (Fsp3) is 0.100. The SMILES string of the molecule is Cc1ccnc2c(O)c(C#N)cnc12. The number of pyridine rings is 2. The van der Waals surface area contributed by atoms with Gasteiger partial charge in [0.25, 0.3) is 0 Å². The maximum Gasteiger partial charge on any atom is 0.162 e. The molecule has 0 amide bonds. The Hall–Kier alpha value is -2.15. The molecule has 2 aromatic rings. The molecule has 0 saturated heterocycles. The second kappa shape index (κ2) is 2.96. The van der Waals surface area contributed by atoms with Crippen LogP contribution in [0.15, 0.2) is 18.5 Å². The molecule has 0 aliphatic carbocycles. The van der Waals surface area contributed by atoms with Crippen LogP contribution in [0.4, 0.5) is 0 Å². The first-order valence-electron chi connectivity index (χ1n) is 4.07. The molecule has 4 heteroatoms. The standard InChI is InChI=1S/C10H7N3O/c1-6-2-3-12-9-8(6)13-5-7(4-11)10(9)14/h2-3,5H,1H3,(H,13,14). The van der Waals surface area contributed by atoms with E-state index in [1.165, 1.54) is 6.20 Å². The Kier molecular flexibility index (Phi) is 1.79. The summed E-state index contributed by atoms with van der Waals surface area (Å²) in [5.41, 5.74) is 2.08. The van der Waals surface area contributed by atoms with E-state index in [0.717, 1.165) is 5.56 Å². The summed E-state index contributed by atoms with van der Waals surface area (Å²) in [6.07, 6.45) is 2.94. The number of aromatic hydroxyl groups is 1. The van der Waals surface area contributed by atoms with Gasteiger partial charge in [0, 0.05) is 12.4 Å². The number of rotatable bonds is 0. The number of hydrogen-bond donors (Lipinski definition) is 1. The van der Waals surface area contributed by atoms with Gasteiger partial charge in [-0.05, 0) is 18.6 Å². The quantitative estimate of drug-likeness (QED) is 0.675. The van der Waals surface area contributed by atoms with Gasteiger partial charge >= 0.3 is 0 Å². The highest BCUT2D eigenvalue weighted by molar-refractivity contribution is 5.84. The minimum atomic E-state index is -0.0961. The smallest absolute Gasteiger partial charge is 0.162 e. The average Bonchev–Trinajstić information content (AvgIpc) is 2.20. The summed E-state index contributed by atoms with van der Waals surface area (Å²) in [5.74, 6) is -0.0961. The zero-order valence-corrected chi connectivity index (χ0v) is 7.52. The van der Waals surface area contributed by atoms with Gasteiger partial charge in [-0.2, -0.15) is 5.26 Å². The highest BCUT2D eigenvalue weighted by Gasteiger charge is 2.09. The second-order valence-electron chi connectivity index (χ2n) is 2.96. The Morgan fingerprint density at radius 1 is 1.36 bits per heavy atom. The van der Waals surface area contributed by atoms with Gasteiger partial charge in [0.2, 0.25) is 0 Å². The monoisotopic (exact) mass is 185 g/mol. The molecule has 1 N–H and O–H groups in total. The molecule has 0 aromatic carbocycles. The molecule has 0 aliphatic rings. The van der Waals surface area contributed by atoms with Crippen molar-refractivity contribution in [2.45, 2.75) is 6.92 Å². The van der Waals surface area contributed by atoms with Crippen molar-refractivity contribution in [2.24, 2.45) is 0 Å². The van der Waals surface area contributed by atoms with Crippen molar-refractivity contribution in [3.8, 4) is 11.8 Å². The van der Waals surface area contributed by atoms with Crippen molar-refractivity contribution in [3.63, 3.8) is 0 Å². The fourth-order valence-electron chi connectivity index (χ4n) is 1.29. The first kappa shape index (κ1) is 8.45. The van der Waals surface area contributed by atoms with Crippen LogP contribution in [-0.2, 0) is 0 Å². The summed E-state index contributed by atoms with van der Waals surface area (Å²) in [4.78, 5) is 8.05. The van der Waals surface area contributed by atoms with E-state index in [1.807, 2.05) is 13.0 Å². The van der Waals surface area contributed by atoms with Crippen LogP contribution in [-0.4, -0.2) is 15.1 Å². The number of aryl methyl sites for hydroxylation is 1. The second-order valence-corrected chi connectivity index (χ2v) is 2.96. The lowest BCUT2D eigenvalue weighted by molar-refractivity contribution is 0.478. The summed E-state index contributed by atoms with van der Waals surface area (Å²) in [5, 5.41) is 18.3. The molecule has 0 spiro atoms. The zero-order chi connectivity index (χ0) is 10.1. The third-order valence-corrected chi connectivity index (χ3v) is 2.05. The minimum Gasteiger partial charge on any atom is -0.504 e. The normalized spacial score (nSPS) is 10.0. The molecule has 2 rings (SSSR count). The Morgan fingerprint density at radius 3 is 2.86 bits per heavy atom. The molecule has 0 atom stereocenters. The molecule has 0 aliphatic heterocycles. The molecule has 0 saturated carbocycles. The summed E-state index contributed by atoms with van der Waals surface area (Å²) in [6, 6.07) is 3.66. The molecule has 2 aromatic heterocycles. The van der Waals surface area contributed by atoms with Crippen LogP contribution in [0.5, 0.6) is 5.75 Å². The lowest BCUT2D eigenvalue weighted by atomic mass is 10.2. The van der Waals surface area contributed by atoms with Crippen LogP contribution in [0.1, 0.15) is 11.1 Å². The maximum absolute atomic E-state index is 9.65. The number of nitriles is 1. The van der Waals surface area contributed by atoms with Crippen LogP contribution < -0.4 is 0 Å². The molecule has 0 radical (unpaired) electrons. The average molecular weight is 185 g/mol. The van der Waals surface area contributed by atoms with Crippen molar-refractivity contribution in [2.75, 3.05) is 0 Å². The first-order valence-corrected chi connectivity index (χ1v) is 4.07. The number of nitrogens with zero attached hydrogens (tertiary/aromatic N) is 3. The van der Waals surface area contributed by atoms with Gasteiger partial charge in [-0.25, -0.2) is 0 Å². The Labute approximate surface area is 80.5 Å². The van der Waals surface area contributed by atoms with E-state index in [0.29, 0.717) is 11.0 Å². The first-order chi connectivity index (χ1) is 6.74. The lowest BCUT2D eigenvalue weighted by Gasteiger charge is -2.02. The highest BCUT2D eigenvalue weighted by atomic mass is 16.3. The van der Waals surface area contributed by atoms with E-state index < -0.39 is 0 Å². The van der Waals surface area contributed by atoms with Crippen LogP contribution in [0, 0.1) is 18.3 Å². The van der Waals surface area contributed by atoms with E-state index in [4.69, 9.17) is 5.26 Å². The summed E-state index contributed by atoms with van der Waals surface area (Å²) >= 11 is 0. The molecule has 4 nitrogen and oxygen atoms in total. The Bertz CT molecular complexity index is 543. The highest BCUT2D eigenvalue weighted by Crippen LogP contribution is 2.25. The third kappa shape index (κ3) is 1.07. The van der Waals surface area contributed by atoms with E-state index >= 15 is 0 Å². The van der Waals surface area contributed by atoms with E-state index in [9.17, 15) is 5.11 Å². The van der Waals surface area contributed by atoms with Gasteiger partial charge in [0.1, 0.15) is 17.1 Å². The van der Waals surface area contributed by atoms with Gasteiger partial charge < -0.3 is 5.11 Å². The maximum atomic E-state index is 9.65. The number of fused-ring (bicyclic) bond motifs is 1. The summed E-state index contributed by atoms with van der Waals surface area (Å²) in [6.45, 7) is 1.88. The van der Waals surface area contributed by atoms with Crippen molar-refractivity contribution in [1.82, 2.24) is 9.97 Å². The number of hydrogen-bond acceptors (Lipinski definition) is 4. The Balaban J connectivity index is 2.92. The van der Waals surface area contributed by atoms with E-state index in [-0.39, 0.29) is 11.3 Å². The van der Waals surface area contributed by atoms with Crippen LogP contribution in [0.3, 0.4) is 0 Å². The van der Waals surface area contributed by atoms with E-state index in [2.05, 4.69) is 9.97 Å². The molecule has 0 fully saturated rings. The topological polar surface area (TPSA) is 69.8 Å². The molecule has 14 heavy (non-hydrogen) atoms. The zero-order valence-electron chi connectivity index (χ0n) is 7.52. The van der Waals surface area contributed by atoms with Gasteiger partial charge in [-0.3, -0.25) is 9.97 Å². The molecule has 0 unspecified atom stereocenters. The van der Waals surface area contributed by atoms with Gasteiger partial charge in [-0.1, -0.05) is 0 Å². The third-order valence-electron chi connectivity index (χ3n) is 2.05. The number of aromatic nitrogens is 2. The summed E-state index contributed by atoms with van der Waals surface area (Å²) in [7, 11) is 0.